The van der Waals surface area contributed by atoms with Crippen molar-refractivity contribution in [2.24, 2.45) is 0 Å². The second-order valence-electron chi connectivity index (χ2n) is 5.12. The zero-order valence-corrected chi connectivity index (χ0v) is 15.9. The number of nitrogens with one attached hydrogen (secondary N) is 1. The first kappa shape index (κ1) is 20.9. The Hall–Kier alpha value is -2.15. The van der Waals surface area contributed by atoms with Crippen LogP contribution in [0.2, 0.25) is 0 Å². The molecule has 25 heavy (non-hydrogen) atoms. The van der Waals surface area contributed by atoms with Crippen LogP contribution in [0.4, 0.5) is 0 Å². The van der Waals surface area contributed by atoms with Crippen LogP contribution in [0.1, 0.15) is 18.9 Å². The van der Waals surface area contributed by atoms with Gasteiger partial charge in [-0.2, -0.15) is 11.8 Å². The Morgan fingerprint density at radius 3 is 2.64 bits per heavy atom. The Morgan fingerprint density at radius 2 is 2.04 bits per heavy atom. The van der Waals surface area contributed by atoms with Gasteiger partial charge in [0.15, 0.2) is 18.1 Å². The fraction of sp³-hybridized carbons (Fsp3) is 0.444. The lowest BCUT2D eigenvalue weighted by molar-refractivity contribution is -0.145. The smallest absolute Gasteiger partial charge is 0.328 e. The van der Waals surface area contributed by atoms with E-state index in [1.807, 2.05) is 37.5 Å². The Balaban J connectivity index is 2.66. The van der Waals surface area contributed by atoms with Gasteiger partial charge >= 0.3 is 5.97 Å². The molecular weight excluding hydrogens is 342 g/mol. The van der Waals surface area contributed by atoms with Crippen molar-refractivity contribution in [2.75, 3.05) is 32.8 Å². The minimum absolute atomic E-state index is 0.216. The average Bonchev–Trinajstić information content (AvgIpc) is 2.63. The van der Waals surface area contributed by atoms with Gasteiger partial charge < -0.3 is 19.5 Å². The van der Waals surface area contributed by atoms with Crippen molar-refractivity contribution < 1.29 is 23.8 Å². The molecule has 6 nitrogen and oxygen atoms in total. The first-order chi connectivity index (χ1) is 12.0. The number of hydrogen-bond donors (Lipinski definition) is 1. The van der Waals surface area contributed by atoms with E-state index in [9.17, 15) is 9.59 Å². The monoisotopic (exact) mass is 367 g/mol. The molecule has 1 amide bonds. The number of amides is 1. The molecule has 0 aliphatic heterocycles. The maximum absolute atomic E-state index is 12.1. The maximum atomic E-state index is 12.1. The fourth-order valence-corrected chi connectivity index (χ4v) is 2.58. The van der Waals surface area contributed by atoms with Gasteiger partial charge in [0.25, 0.3) is 5.91 Å². The van der Waals surface area contributed by atoms with E-state index in [0.717, 1.165) is 11.3 Å². The number of allylic oxidation sites excluding steroid dienone is 1. The number of ether oxygens (including phenoxy) is 3. The van der Waals surface area contributed by atoms with Gasteiger partial charge in [0.05, 0.1) is 14.2 Å². The van der Waals surface area contributed by atoms with Crippen LogP contribution in [0.25, 0.3) is 6.08 Å². The van der Waals surface area contributed by atoms with Crippen LogP contribution in [-0.4, -0.2) is 50.8 Å². The Bertz CT molecular complexity index is 603. The first-order valence-corrected chi connectivity index (χ1v) is 9.24. The predicted octanol–water partition coefficient (Wildman–Crippen LogP) is 2.52. The van der Waals surface area contributed by atoms with E-state index in [2.05, 4.69) is 5.32 Å². The molecule has 1 aromatic carbocycles. The molecule has 0 spiro atoms. The Morgan fingerprint density at radius 1 is 1.28 bits per heavy atom. The highest BCUT2D eigenvalue weighted by Crippen LogP contribution is 2.28. The summed E-state index contributed by atoms with van der Waals surface area (Å²) in [6, 6.07) is 4.76. The highest BCUT2D eigenvalue weighted by molar-refractivity contribution is 7.98. The lowest BCUT2D eigenvalue weighted by atomic mass is 10.2. The second kappa shape index (κ2) is 11.4. The summed E-state index contributed by atoms with van der Waals surface area (Å²) in [5.74, 6) is 0.882. The third-order valence-corrected chi connectivity index (χ3v) is 3.98. The maximum Gasteiger partial charge on any atom is 0.328 e. The molecule has 0 radical (unpaired) electrons. The molecule has 7 heteroatoms. The molecule has 0 aliphatic rings. The summed E-state index contributed by atoms with van der Waals surface area (Å²) in [5, 5.41) is 2.64. The lowest BCUT2D eigenvalue weighted by Crippen LogP contribution is -2.43. The molecule has 1 rings (SSSR count). The molecule has 0 saturated carbocycles. The third kappa shape index (κ3) is 7.09. The van der Waals surface area contributed by atoms with Gasteiger partial charge in [-0.15, -0.1) is 0 Å². The molecule has 0 heterocycles. The zero-order valence-electron chi connectivity index (χ0n) is 15.0. The van der Waals surface area contributed by atoms with Gasteiger partial charge in [-0.25, -0.2) is 4.79 Å². The number of benzene rings is 1. The number of carbonyl (C=O) groups excluding carboxylic acids is 2. The van der Waals surface area contributed by atoms with Crippen LogP contribution in [0.15, 0.2) is 24.3 Å². The van der Waals surface area contributed by atoms with Crippen LogP contribution in [0.5, 0.6) is 11.5 Å². The quantitative estimate of drug-likeness (QED) is 0.641. The summed E-state index contributed by atoms with van der Waals surface area (Å²) < 4.78 is 15.5. The van der Waals surface area contributed by atoms with Gasteiger partial charge in [-0.3, -0.25) is 4.79 Å². The van der Waals surface area contributed by atoms with Gasteiger partial charge in [-0.1, -0.05) is 18.2 Å². The summed E-state index contributed by atoms with van der Waals surface area (Å²) in [4.78, 5) is 23.8. The normalized spacial score (nSPS) is 11.8. The van der Waals surface area contributed by atoms with Gasteiger partial charge in [0, 0.05) is 0 Å². The number of thioether (sulfide) groups is 1. The topological polar surface area (TPSA) is 73.9 Å². The van der Waals surface area contributed by atoms with E-state index in [1.54, 1.807) is 17.8 Å². The highest BCUT2D eigenvalue weighted by Gasteiger charge is 2.21. The van der Waals surface area contributed by atoms with Gasteiger partial charge in [-0.05, 0) is 43.0 Å². The first-order valence-electron chi connectivity index (χ1n) is 7.85. The number of esters is 1. The van der Waals surface area contributed by atoms with Crippen LogP contribution < -0.4 is 14.8 Å². The van der Waals surface area contributed by atoms with Crippen LogP contribution in [0, 0.1) is 0 Å². The number of hydrogen-bond acceptors (Lipinski definition) is 6. The van der Waals surface area contributed by atoms with Crippen molar-refractivity contribution in [1.29, 1.82) is 0 Å². The van der Waals surface area contributed by atoms with Crippen molar-refractivity contribution in [3.05, 3.63) is 29.8 Å². The molecular formula is C18H25NO5S. The van der Waals surface area contributed by atoms with E-state index >= 15 is 0 Å². The zero-order chi connectivity index (χ0) is 18.7. The fourth-order valence-electron chi connectivity index (χ4n) is 2.11. The minimum Gasteiger partial charge on any atom is -0.493 e. The molecule has 0 fully saturated rings. The predicted molar refractivity (Wildman–Crippen MR) is 100 cm³/mol. The van der Waals surface area contributed by atoms with Crippen molar-refractivity contribution in [2.45, 2.75) is 19.4 Å². The van der Waals surface area contributed by atoms with Gasteiger partial charge in [0.2, 0.25) is 0 Å². The Kier molecular flexibility index (Phi) is 9.54. The second-order valence-corrected chi connectivity index (χ2v) is 6.11. The van der Waals surface area contributed by atoms with Crippen LogP contribution in [0.3, 0.4) is 0 Å². The van der Waals surface area contributed by atoms with Crippen molar-refractivity contribution in [3.8, 4) is 11.5 Å². The van der Waals surface area contributed by atoms with Crippen LogP contribution in [-0.2, 0) is 14.3 Å². The van der Waals surface area contributed by atoms with Crippen molar-refractivity contribution >= 4 is 29.7 Å². The molecule has 0 aromatic heterocycles. The minimum atomic E-state index is -0.674. The third-order valence-electron chi connectivity index (χ3n) is 3.34. The SMILES string of the molecule is C/C=C/c1ccc(OCC(=O)N[C@@H](CCSC)C(=O)OC)c(OC)c1. The molecule has 1 atom stereocenters. The summed E-state index contributed by atoms with van der Waals surface area (Å²) in [5.41, 5.74) is 0.971. The molecule has 138 valence electrons. The van der Waals surface area contributed by atoms with E-state index in [1.165, 1.54) is 14.2 Å². The lowest BCUT2D eigenvalue weighted by Gasteiger charge is -2.17. The average molecular weight is 367 g/mol. The molecule has 1 N–H and O–H groups in total. The van der Waals surface area contributed by atoms with Crippen LogP contribution >= 0.6 is 11.8 Å². The molecule has 0 bridgehead atoms. The summed E-state index contributed by atoms with van der Waals surface area (Å²) in [6.07, 6.45) is 6.29. The molecule has 0 unspecified atom stereocenters. The Labute approximate surface area is 152 Å². The number of rotatable bonds is 10. The van der Waals surface area contributed by atoms with E-state index in [-0.39, 0.29) is 6.61 Å². The highest BCUT2D eigenvalue weighted by atomic mass is 32.2. The van der Waals surface area contributed by atoms with E-state index < -0.39 is 17.9 Å². The number of carbonyl (C=O) groups is 2. The molecule has 1 aromatic rings. The summed E-state index contributed by atoms with van der Waals surface area (Å²) in [7, 11) is 2.84. The van der Waals surface area contributed by atoms with E-state index in [4.69, 9.17) is 14.2 Å². The summed E-state index contributed by atoms with van der Waals surface area (Å²) in [6.45, 7) is 1.71. The largest absolute Gasteiger partial charge is 0.493 e. The number of methoxy groups -OCH3 is 2. The molecule has 0 saturated heterocycles. The summed E-state index contributed by atoms with van der Waals surface area (Å²) >= 11 is 1.59. The van der Waals surface area contributed by atoms with Gasteiger partial charge in [0.1, 0.15) is 6.04 Å². The van der Waals surface area contributed by atoms with E-state index in [0.29, 0.717) is 17.9 Å². The van der Waals surface area contributed by atoms with Crippen molar-refractivity contribution in [1.82, 2.24) is 5.32 Å². The standard InChI is InChI=1S/C18H25NO5S/c1-5-6-13-7-8-15(16(11-13)22-2)24-12-17(20)19-14(9-10-25-4)18(21)23-3/h5-8,11,14H,9-10,12H2,1-4H3,(H,19,20)/b6-5+/t14-/m0/s1. The van der Waals surface area contributed by atoms with Crippen molar-refractivity contribution in [3.63, 3.8) is 0 Å². The molecule has 0 aliphatic carbocycles.